The van der Waals surface area contributed by atoms with Crippen LogP contribution in [0, 0.1) is 6.92 Å². The average Bonchev–Trinajstić information content (AvgIpc) is 2.74. The lowest BCUT2D eigenvalue weighted by Gasteiger charge is -2.12. The Morgan fingerprint density at radius 2 is 1.83 bits per heavy atom. The normalized spacial score (nSPS) is 10.8. The van der Waals surface area contributed by atoms with Gasteiger partial charge in [0.15, 0.2) is 11.5 Å². The first-order valence-electron chi connectivity index (χ1n) is 9.59. The van der Waals surface area contributed by atoms with Gasteiger partial charge in [0.2, 0.25) is 0 Å². The number of hydrogen-bond donors (Lipinski definition) is 1. The van der Waals surface area contributed by atoms with E-state index in [2.05, 4.69) is 29.6 Å². The van der Waals surface area contributed by atoms with Gasteiger partial charge in [-0.15, -0.1) is 0 Å². The summed E-state index contributed by atoms with van der Waals surface area (Å²) in [6.07, 6.45) is 1.55. The maximum absolute atomic E-state index is 12.1. The number of nitrogens with one attached hydrogen (secondary N) is 1. The van der Waals surface area contributed by atoms with Gasteiger partial charge in [-0.05, 0) is 61.4 Å². The van der Waals surface area contributed by atoms with Crippen LogP contribution in [0.3, 0.4) is 0 Å². The summed E-state index contributed by atoms with van der Waals surface area (Å²) in [4.78, 5) is 12.1. The Labute approximate surface area is 181 Å². The number of hydrazone groups is 1. The van der Waals surface area contributed by atoms with Gasteiger partial charge in [0.1, 0.15) is 6.61 Å². The molecule has 3 aromatic carbocycles. The Hall–Kier alpha value is -3.31. The molecule has 0 saturated heterocycles. The monoisotopic (exact) mass is 422 g/mol. The molecule has 3 aromatic rings. The fraction of sp³-hybridized carbons (Fsp3) is 0.167. The van der Waals surface area contributed by atoms with Crippen LogP contribution >= 0.6 is 11.6 Å². The molecule has 0 aliphatic rings. The van der Waals surface area contributed by atoms with Crippen molar-refractivity contribution < 1.29 is 14.3 Å². The van der Waals surface area contributed by atoms with Gasteiger partial charge in [-0.3, -0.25) is 4.79 Å². The van der Waals surface area contributed by atoms with E-state index in [1.165, 1.54) is 5.56 Å². The SMILES string of the molecule is CCOc1cc(/C=N\NC(=O)c2cccc(Cl)c2)ccc1OCc1ccc(C)cc1. The van der Waals surface area contributed by atoms with E-state index in [-0.39, 0.29) is 5.91 Å². The van der Waals surface area contributed by atoms with Crippen molar-refractivity contribution in [2.45, 2.75) is 20.5 Å². The number of halogens is 1. The fourth-order valence-corrected chi connectivity index (χ4v) is 2.89. The number of rotatable bonds is 8. The summed E-state index contributed by atoms with van der Waals surface area (Å²) in [6, 6.07) is 20.4. The first-order valence-corrected chi connectivity index (χ1v) is 9.97. The highest BCUT2D eigenvalue weighted by Crippen LogP contribution is 2.29. The zero-order valence-electron chi connectivity index (χ0n) is 16.9. The molecule has 1 amide bonds. The number of nitrogens with zero attached hydrogens (tertiary/aromatic N) is 1. The summed E-state index contributed by atoms with van der Waals surface area (Å²) >= 11 is 5.91. The van der Waals surface area contributed by atoms with Crippen molar-refractivity contribution in [3.05, 3.63) is 94.0 Å². The molecule has 0 heterocycles. The van der Waals surface area contributed by atoms with Crippen LogP contribution in [0.4, 0.5) is 0 Å². The Morgan fingerprint density at radius 1 is 1.03 bits per heavy atom. The molecule has 0 fully saturated rings. The molecule has 0 unspecified atom stereocenters. The molecule has 0 spiro atoms. The van der Waals surface area contributed by atoms with E-state index in [1.807, 2.05) is 37.3 Å². The van der Waals surface area contributed by atoms with Crippen LogP contribution in [0.1, 0.15) is 34.0 Å². The first kappa shape index (κ1) is 21.4. The number of amides is 1. The summed E-state index contributed by atoms with van der Waals surface area (Å²) in [5.41, 5.74) is 5.99. The van der Waals surface area contributed by atoms with Gasteiger partial charge in [0.25, 0.3) is 5.91 Å². The van der Waals surface area contributed by atoms with Gasteiger partial charge in [-0.2, -0.15) is 5.10 Å². The van der Waals surface area contributed by atoms with Crippen molar-refractivity contribution in [1.29, 1.82) is 0 Å². The summed E-state index contributed by atoms with van der Waals surface area (Å²) < 4.78 is 11.6. The molecule has 0 aliphatic carbocycles. The van der Waals surface area contributed by atoms with Crippen LogP contribution in [0.5, 0.6) is 11.5 Å². The van der Waals surface area contributed by atoms with Gasteiger partial charge in [0, 0.05) is 10.6 Å². The van der Waals surface area contributed by atoms with E-state index in [0.717, 1.165) is 11.1 Å². The van der Waals surface area contributed by atoms with Crippen LogP contribution < -0.4 is 14.9 Å². The van der Waals surface area contributed by atoms with Crippen LogP contribution in [-0.2, 0) is 6.61 Å². The Morgan fingerprint density at radius 3 is 2.57 bits per heavy atom. The average molecular weight is 423 g/mol. The molecular formula is C24H23ClN2O3. The minimum absolute atomic E-state index is 0.336. The van der Waals surface area contributed by atoms with Crippen LogP contribution in [0.2, 0.25) is 5.02 Å². The lowest BCUT2D eigenvalue weighted by molar-refractivity contribution is 0.0955. The Kier molecular flexibility index (Phi) is 7.46. The molecule has 0 bridgehead atoms. The van der Waals surface area contributed by atoms with Crippen molar-refractivity contribution in [3.8, 4) is 11.5 Å². The third-order valence-corrected chi connectivity index (χ3v) is 4.48. The van der Waals surface area contributed by atoms with Gasteiger partial charge >= 0.3 is 0 Å². The van der Waals surface area contributed by atoms with E-state index in [9.17, 15) is 4.79 Å². The Balaban J connectivity index is 1.65. The molecule has 5 nitrogen and oxygen atoms in total. The number of ether oxygens (including phenoxy) is 2. The van der Waals surface area contributed by atoms with Crippen LogP contribution in [0.25, 0.3) is 0 Å². The maximum Gasteiger partial charge on any atom is 0.271 e. The minimum Gasteiger partial charge on any atom is -0.490 e. The third kappa shape index (κ3) is 6.09. The van der Waals surface area contributed by atoms with Crippen molar-refractivity contribution in [2.75, 3.05) is 6.61 Å². The van der Waals surface area contributed by atoms with Gasteiger partial charge in [-0.1, -0.05) is 47.5 Å². The van der Waals surface area contributed by atoms with E-state index in [1.54, 1.807) is 30.5 Å². The number of benzene rings is 3. The molecule has 6 heteroatoms. The van der Waals surface area contributed by atoms with Gasteiger partial charge in [-0.25, -0.2) is 5.43 Å². The molecule has 0 atom stereocenters. The fourth-order valence-electron chi connectivity index (χ4n) is 2.70. The largest absolute Gasteiger partial charge is 0.490 e. The second-order valence-electron chi connectivity index (χ2n) is 6.62. The van der Waals surface area contributed by atoms with Crippen molar-refractivity contribution in [2.24, 2.45) is 5.10 Å². The zero-order valence-corrected chi connectivity index (χ0v) is 17.6. The third-order valence-electron chi connectivity index (χ3n) is 4.25. The highest BCUT2D eigenvalue weighted by molar-refractivity contribution is 6.30. The summed E-state index contributed by atoms with van der Waals surface area (Å²) in [5, 5.41) is 4.51. The molecule has 3 rings (SSSR count). The number of hydrogen-bond acceptors (Lipinski definition) is 4. The Bertz CT molecular complexity index is 1030. The summed E-state index contributed by atoms with van der Waals surface area (Å²) in [7, 11) is 0. The minimum atomic E-state index is -0.336. The molecule has 0 saturated carbocycles. The lowest BCUT2D eigenvalue weighted by Crippen LogP contribution is -2.17. The zero-order chi connectivity index (χ0) is 21.3. The first-order chi connectivity index (χ1) is 14.5. The summed E-state index contributed by atoms with van der Waals surface area (Å²) in [6.45, 7) is 4.92. The van der Waals surface area contributed by atoms with Crippen molar-refractivity contribution in [3.63, 3.8) is 0 Å². The maximum atomic E-state index is 12.1. The van der Waals surface area contributed by atoms with E-state index < -0.39 is 0 Å². The molecule has 0 radical (unpaired) electrons. The molecule has 30 heavy (non-hydrogen) atoms. The van der Waals surface area contributed by atoms with Gasteiger partial charge in [0.05, 0.1) is 12.8 Å². The quantitative estimate of drug-likeness (QED) is 0.391. The molecule has 154 valence electrons. The number of carbonyl (C=O) groups is 1. The highest BCUT2D eigenvalue weighted by atomic mass is 35.5. The smallest absolute Gasteiger partial charge is 0.271 e. The lowest BCUT2D eigenvalue weighted by atomic mass is 10.2. The van der Waals surface area contributed by atoms with E-state index in [4.69, 9.17) is 21.1 Å². The number of carbonyl (C=O) groups excluding carboxylic acids is 1. The van der Waals surface area contributed by atoms with Crippen LogP contribution in [0.15, 0.2) is 71.8 Å². The molecule has 0 aliphatic heterocycles. The van der Waals surface area contributed by atoms with Crippen LogP contribution in [-0.4, -0.2) is 18.7 Å². The van der Waals surface area contributed by atoms with E-state index >= 15 is 0 Å². The second kappa shape index (κ2) is 10.5. The second-order valence-corrected chi connectivity index (χ2v) is 7.06. The number of aryl methyl sites for hydroxylation is 1. The van der Waals surface area contributed by atoms with Crippen molar-refractivity contribution in [1.82, 2.24) is 5.43 Å². The highest BCUT2D eigenvalue weighted by Gasteiger charge is 2.07. The van der Waals surface area contributed by atoms with E-state index in [0.29, 0.717) is 35.3 Å². The predicted octanol–water partition coefficient (Wildman–Crippen LogP) is 5.39. The predicted molar refractivity (Wildman–Crippen MR) is 120 cm³/mol. The molecular weight excluding hydrogens is 400 g/mol. The van der Waals surface area contributed by atoms with Gasteiger partial charge < -0.3 is 9.47 Å². The topological polar surface area (TPSA) is 59.9 Å². The standard InChI is InChI=1S/C24H23ClN2O3/c1-3-29-23-13-19(15-26-27-24(28)20-5-4-6-21(25)14-20)11-12-22(23)30-16-18-9-7-17(2)8-10-18/h4-15H,3,16H2,1-2H3,(H,27,28)/b26-15-. The van der Waals surface area contributed by atoms with Crippen molar-refractivity contribution >= 4 is 23.7 Å². The molecule has 1 N–H and O–H groups in total. The summed E-state index contributed by atoms with van der Waals surface area (Å²) in [5.74, 6) is 0.934. The molecule has 0 aromatic heterocycles.